The number of aryl methyl sites for hydroxylation is 1. The molecule has 29 heavy (non-hydrogen) atoms. The molecule has 1 aromatic carbocycles. The summed E-state index contributed by atoms with van der Waals surface area (Å²) in [5.74, 6) is 2.76. The number of hydrogen-bond donors (Lipinski definition) is 1. The lowest BCUT2D eigenvalue weighted by Crippen LogP contribution is -2.19. The number of anilines is 2. The smallest absolute Gasteiger partial charge is 0.139 e. The molecule has 5 nitrogen and oxygen atoms in total. The summed E-state index contributed by atoms with van der Waals surface area (Å²) in [4.78, 5) is 17.3. The Labute approximate surface area is 174 Å². The van der Waals surface area contributed by atoms with Crippen LogP contribution in [0.25, 0.3) is 21.3 Å². The van der Waals surface area contributed by atoms with Gasteiger partial charge in [0.25, 0.3) is 0 Å². The molecule has 1 saturated heterocycles. The number of pyridine rings is 1. The number of benzene rings is 1. The number of thiophene rings is 1. The highest BCUT2D eigenvalue weighted by atomic mass is 32.1. The Bertz CT molecular complexity index is 1130. The molecular weight excluding hydrogens is 378 g/mol. The summed E-state index contributed by atoms with van der Waals surface area (Å²) in [5, 5.41) is 6.84. The van der Waals surface area contributed by atoms with E-state index in [9.17, 15) is 0 Å². The maximum absolute atomic E-state index is 4.73. The number of aromatic nitrogens is 3. The molecule has 0 saturated carbocycles. The minimum Gasteiger partial charge on any atom is -0.365 e. The molecule has 1 fully saturated rings. The Morgan fingerprint density at radius 3 is 2.72 bits per heavy atom. The summed E-state index contributed by atoms with van der Waals surface area (Å²) < 4.78 is 0. The van der Waals surface area contributed by atoms with Crippen LogP contribution in [0.5, 0.6) is 0 Å². The van der Waals surface area contributed by atoms with E-state index in [4.69, 9.17) is 4.98 Å². The molecule has 0 bridgehead atoms. The molecule has 6 heteroatoms. The Morgan fingerprint density at radius 1 is 1.07 bits per heavy atom. The van der Waals surface area contributed by atoms with Crippen molar-refractivity contribution in [3.05, 3.63) is 65.4 Å². The molecule has 0 aliphatic carbocycles. The summed E-state index contributed by atoms with van der Waals surface area (Å²) in [7, 11) is 0. The lowest BCUT2D eigenvalue weighted by atomic mass is 10.1. The molecule has 146 valence electrons. The van der Waals surface area contributed by atoms with Crippen LogP contribution in [0.15, 0.2) is 54.0 Å². The Kier molecular flexibility index (Phi) is 4.86. The van der Waals surface area contributed by atoms with E-state index in [-0.39, 0.29) is 0 Å². The topological polar surface area (TPSA) is 53.9 Å². The molecule has 4 heterocycles. The van der Waals surface area contributed by atoms with Crippen molar-refractivity contribution in [2.75, 3.05) is 23.3 Å². The molecule has 1 aliphatic rings. The van der Waals surface area contributed by atoms with Gasteiger partial charge in [0.1, 0.15) is 22.3 Å². The van der Waals surface area contributed by atoms with E-state index in [1.807, 2.05) is 19.2 Å². The van der Waals surface area contributed by atoms with Crippen LogP contribution < -0.4 is 10.2 Å². The van der Waals surface area contributed by atoms with Crippen molar-refractivity contribution in [3.63, 3.8) is 0 Å². The van der Waals surface area contributed by atoms with E-state index < -0.39 is 0 Å². The van der Waals surface area contributed by atoms with Crippen molar-refractivity contribution in [2.45, 2.75) is 26.3 Å². The van der Waals surface area contributed by atoms with Crippen LogP contribution in [0.3, 0.4) is 0 Å². The first kappa shape index (κ1) is 18.1. The number of rotatable bonds is 5. The van der Waals surface area contributed by atoms with Gasteiger partial charge in [-0.2, -0.15) is 0 Å². The molecule has 0 unspecified atom stereocenters. The highest BCUT2D eigenvalue weighted by molar-refractivity contribution is 7.17. The van der Waals surface area contributed by atoms with Gasteiger partial charge in [-0.05, 0) is 43.0 Å². The zero-order valence-electron chi connectivity index (χ0n) is 16.4. The number of fused-ring (bicyclic) bond motifs is 1. The summed E-state index contributed by atoms with van der Waals surface area (Å²) in [6, 6.07) is 14.7. The highest BCUT2D eigenvalue weighted by Gasteiger charge is 2.16. The van der Waals surface area contributed by atoms with E-state index in [1.165, 1.54) is 29.5 Å². The van der Waals surface area contributed by atoms with Gasteiger partial charge in [0, 0.05) is 36.8 Å². The zero-order chi connectivity index (χ0) is 19.6. The quantitative estimate of drug-likeness (QED) is 0.493. The summed E-state index contributed by atoms with van der Waals surface area (Å²) in [6.45, 7) is 4.86. The summed E-state index contributed by atoms with van der Waals surface area (Å²) >= 11 is 1.67. The van der Waals surface area contributed by atoms with E-state index in [0.717, 1.165) is 40.8 Å². The van der Waals surface area contributed by atoms with Crippen LogP contribution in [0.1, 0.15) is 24.2 Å². The molecule has 3 aromatic heterocycles. The van der Waals surface area contributed by atoms with Crippen LogP contribution >= 0.6 is 11.3 Å². The highest BCUT2D eigenvalue weighted by Crippen LogP contribution is 2.37. The second-order valence-corrected chi connectivity index (χ2v) is 8.24. The lowest BCUT2D eigenvalue weighted by molar-refractivity contribution is 0.931. The zero-order valence-corrected chi connectivity index (χ0v) is 17.2. The second-order valence-electron chi connectivity index (χ2n) is 7.38. The van der Waals surface area contributed by atoms with Gasteiger partial charge in [-0.25, -0.2) is 15.0 Å². The van der Waals surface area contributed by atoms with Crippen LogP contribution in [-0.2, 0) is 6.54 Å². The molecule has 0 radical (unpaired) electrons. The third-order valence-corrected chi connectivity index (χ3v) is 6.20. The van der Waals surface area contributed by atoms with Crippen molar-refractivity contribution >= 4 is 33.2 Å². The van der Waals surface area contributed by atoms with Gasteiger partial charge in [-0.3, -0.25) is 0 Å². The standard InChI is InChI=1S/C23H23N5S/c1-16-26-22(21-19(15-29-23(21)27-16)18-7-3-2-4-8-18)25-14-17-9-10-24-20(13-17)28-11-5-6-12-28/h2-4,7-10,13,15H,5-6,11-12,14H2,1H3,(H,25,26,27). The van der Waals surface area contributed by atoms with Gasteiger partial charge in [0.2, 0.25) is 0 Å². The minimum absolute atomic E-state index is 0.707. The molecule has 0 spiro atoms. The van der Waals surface area contributed by atoms with Gasteiger partial charge in [0.15, 0.2) is 0 Å². The average Bonchev–Trinajstić information content (AvgIpc) is 3.43. The van der Waals surface area contributed by atoms with Crippen LogP contribution in [-0.4, -0.2) is 28.0 Å². The van der Waals surface area contributed by atoms with Crippen molar-refractivity contribution in [1.82, 2.24) is 15.0 Å². The molecule has 4 aromatic rings. The van der Waals surface area contributed by atoms with E-state index >= 15 is 0 Å². The van der Waals surface area contributed by atoms with Crippen LogP contribution in [0, 0.1) is 6.92 Å². The molecule has 1 N–H and O–H groups in total. The number of nitrogens with one attached hydrogen (secondary N) is 1. The first-order valence-corrected chi connectivity index (χ1v) is 10.9. The maximum Gasteiger partial charge on any atom is 0.139 e. The maximum atomic E-state index is 4.73. The minimum atomic E-state index is 0.707. The van der Waals surface area contributed by atoms with Gasteiger partial charge in [-0.1, -0.05) is 30.3 Å². The van der Waals surface area contributed by atoms with Crippen LogP contribution in [0.2, 0.25) is 0 Å². The monoisotopic (exact) mass is 401 g/mol. The predicted octanol–water partition coefficient (Wildman–Crippen LogP) is 5.27. The number of hydrogen-bond acceptors (Lipinski definition) is 6. The molecule has 1 aliphatic heterocycles. The molecular formula is C23H23N5S. The SMILES string of the molecule is Cc1nc(NCc2ccnc(N3CCCC3)c2)c2c(-c3ccccc3)csc2n1. The van der Waals surface area contributed by atoms with E-state index in [1.54, 1.807) is 11.3 Å². The van der Waals surface area contributed by atoms with Crippen LogP contribution in [0.4, 0.5) is 11.6 Å². The first-order valence-electron chi connectivity index (χ1n) is 10.0. The average molecular weight is 402 g/mol. The normalized spacial score (nSPS) is 13.9. The summed E-state index contributed by atoms with van der Waals surface area (Å²) in [6.07, 6.45) is 4.41. The van der Waals surface area contributed by atoms with Gasteiger partial charge < -0.3 is 10.2 Å². The fourth-order valence-corrected chi connectivity index (χ4v) is 4.87. The van der Waals surface area contributed by atoms with E-state index in [2.05, 4.69) is 62.0 Å². The number of nitrogens with zero attached hydrogens (tertiary/aromatic N) is 4. The van der Waals surface area contributed by atoms with Crippen molar-refractivity contribution < 1.29 is 0 Å². The molecule has 0 atom stereocenters. The van der Waals surface area contributed by atoms with Gasteiger partial charge in [-0.15, -0.1) is 11.3 Å². The Hall–Kier alpha value is -2.99. The predicted molar refractivity (Wildman–Crippen MR) is 121 cm³/mol. The molecule has 5 rings (SSSR count). The largest absolute Gasteiger partial charge is 0.365 e. The van der Waals surface area contributed by atoms with E-state index in [0.29, 0.717) is 6.54 Å². The lowest BCUT2D eigenvalue weighted by Gasteiger charge is -2.17. The van der Waals surface area contributed by atoms with Crippen molar-refractivity contribution in [1.29, 1.82) is 0 Å². The fourth-order valence-electron chi connectivity index (χ4n) is 3.88. The third-order valence-electron chi connectivity index (χ3n) is 5.33. The van der Waals surface area contributed by atoms with Crippen molar-refractivity contribution in [2.24, 2.45) is 0 Å². The third kappa shape index (κ3) is 3.68. The van der Waals surface area contributed by atoms with Crippen molar-refractivity contribution in [3.8, 4) is 11.1 Å². The second kappa shape index (κ2) is 7.79. The Morgan fingerprint density at radius 2 is 1.90 bits per heavy atom. The molecule has 0 amide bonds. The van der Waals surface area contributed by atoms with Gasteiger partial charge in [0.05, 0.1) is 5.39 Å². The fraction of sp³-hybridized carbons (Fsp3) is 0.261. The first-order chi connectivity index (χ1) is 14.3. The Balaban J connectivity index is 1.46. The summed E-state index contributed by atoms with van der Waals surface area (Å²) in [5.41, 5.74) is 3.58. The van der Waals surface area contributed by atoms with Gasteiger partial charge >= 0.3 is 0 Å².